The van der Waals surface area contributed by atoms with E-state index in [4.69, 9.17) is 5.73 Å². The zero-order valence-corrected chi connectivity index (χ0v) is 11.1. The fourth-order valence-electron chi connectivity index (χ4n) is 1.67. The van der Waals surface area contributed by atoms with Gasteiger partial charge in [-0.2, -0.15) is 0 Å². The molecule has 1 aromatic rings. The lowest BCUT2D eigenvalue weighted by Crippen LogP contribution is -2.30. The Bertz CT molecular complexity index is 416. The van der Waals surface area contributed by atoms with Crippen molar-refractivity contribution < 1.29 is 4.79 Å². The van der Waals surface area contributed by atoms with Crippen molar-refractivity contribution in [3.8, 4) is 0 Å². The zero-order valence-electron chi connectivity index (χ0n) is 8.65. The lowest BCUT2D eigenvalue weighted by atomic mass is 10.1. The van der Waals surface area contributed by atoms with Crippen LogP contribution < -0.4 is 11.1 Å². The molecule has 0 fully saturated rings. The van der Waals surface area contributed by atoms with Crippen LogP contribution in [0.2, 0.25) is 0 Å². The monoisotopic (exact) mass is 300 g/mol. The molecule has 2 atom stereocenters. The van der Waals surface area contributed by atoms with E-state index in [1.807, 2.05) is 23.6 Å². The molecule has 1 amide bonds. The third kappa shape index (κ3) is 2.93. The molecule has 1 aliphatic carbocycles. The van der Waals surface area contributed by atoms with Gasteiger partial charge in [0.25, 0.3) is 0 Å². The van der Waals surface area contributed by atoms with Crippen molar-refractivity contribution in [1.29, 1.82) is 0 Å². The number of nitrogens with two attached hydrogens (primary N) is 1. The second-order valence-electron chi connectivity index (χ2n) is 3.84. The Morgan fingerprint density at radius 2 is 2.44 bits per heavy atom. The third-order valence-corrected chi connectivity index (χ3v) is 4.21. The Morgan fingerprint density at radius 1 is 1.62 bits per heavy atom. The van der Waals surface area contributed by atoms with Crippen LogP contribution in [0.5, 0.6) is 0 Å². The molecule has 1 aliphatic rings. The quantitative estimate of drug-likeness (QED) is 0.839. The van der Waals surface area contributed by atoms with Crippen LogP contribution in [0.15, 0.2) is 28.1 Å². The van der Waals surface area contributed by atoms with Gasteiger partial charge in [0.2, 0.25) is 5.91 Å². The van der Waals surface area contributed by atoms with Gasteiger partial charge in [0.05, 0.1) is 12.5 Å². The number of carbonyl (C=O) groups is 1. The molecule has 3 nitrogen and oxygen atoms in total. The Morgan fingerprint density at radius 3 is 3.00 bits per heavy atom. The van der Waals surface area contributed by atoms with Gasteiger partial charge in [-0.15, -0.1) is 11.3 Å². The van der Waals surface area contributed by atoms with E-state index in [0.717, 1.165) is 15.8 Å². The molecule has 0 saturated heterocycles. The topological polar surface area (TPSA) is 55.1 Å². The zero-order chi connectivity index (χ0) is 11.5. The van der Waals surface area contributed by atoms with Gasteiger partial charge in [0.15, 0.2) is 0 Å². The van der Waals surface area contributed by atoms with Gasteiger partial charge >= 0.3 is 0 Å². The maximum atomic E-state index is 11.7. The standard InChI is InChI=1S/C11H13BrN2OS/c12-8-4-10(16-6-8)5-14-11(15)7-1-2-9(13)3-7/h1-2,4,6-7,9H,3,5,13H2,(H,14,15). The predicted octanol–water partition coefficient (Wildman–Crippen LogP) is 2.03. The maximum Gasteiger partial charge on any atom is 0.227 e. The molecule has 1 heterocycles. The highest BCUT2D eigenvalue weighted by atomic mass is 79.9. The summed E-state index contributed by atoms with van der Waals surface area (Å²) in [7, 11) is 0. The minimum atomic E-state index is -0.0570. The van der Waals surface area contributed by atoms with Gasteiger partial charge in [0.1, 0.15) is 0 Å². The van der Waals surface area contributed by atoms with Gasteiger partial charge in [-0.05, 0) is 28.4 Å². The average Bonchev–Trinajstić information content (AvgIpc) is 2.84. The van der Waals surface area contributed by atoms with Gasteiger partial charge in [0, 0.05) is 20.8 Å². The first-order chi connectivity index (χ1) is 7.65. The van der Waals surface area contributed by atoms with Crippen LogP contribution in [-0.4, -0.2) is 11.9 Å². The molecule has 2 unspecified atom stereocenters. The van der Waals surface area contributed by atoms with E-state index < -0.39 is 0 Å². The summed E-state index contributed by atoms with van der Waals surface area (Å²) >= 11 is 5.01. The predicted molar refractivity (Wildman–Crippen MR) is 69.1 cm³/mol. The van der Waals surface area contributed by atoms with E-state index in [-0.39, 0.29) is 17.9 Å². The Hall–Kier alpha value is -0.650. The molecular weight excluding hydrogens is 288 g/mol. The van der Waals surface area contributed by atoms with E-state index in [1.165, 1.54) is 0 Å². The SMILES string of the molecule is NC1C=CC(C(=O)NCc2cc(Br)cs2)C1. The molecule has 0 radical (unpaired) electrons. The van der Waals surface area contributed by atoms with Gasteiger partial charge in [-0.3, -0.25) is 4.79 Å². The summed E-state index contributed by atoms with van der Waals surface area (Å²) in [6, 6.07) is 2.05. The van der Waals surface area contributed by atoms with Crippen LogP contribution in [-0.2, 0) is 11.3 Å². The highest BCUT2D eigenvalue weighted by Crippen LogP contribution is 2.20. The molecule has 0 aliphatic heterocycles. The van der Waals surface area contributed by atoms with E-state index in [9.17, 15) is 4.79 Å². The highest BCUT2D eigenvalue weighted by Gasteiger charge is 2.22. The van der Waals surface area contributed by atoms with Crippen molar-refractivity contribution in [2.24, 2.45) is 11.7 Å². The molecule has 0 spiro atoms. The van der Waals surface area contributed by atoms with Crippen molar-refractivity contribution in [2.45, 2.75) is 19.0 Å². The average molecular weight is 301 g/mol. The minimum Gasteiger partial charge on any atom is -0.351 e. The van der Waals surface area contributed by atoms with Crippen molar-refractivity contribution in [3.63, 3.8) is 0 Å². The van der Waals surface area contributed by atoms with Crippen LogP contribution in [0, 0.1) is 5.92 Å². The van der Waals surface area contributed by atoms with Crippen molar-refractivity contribution in [3.05, 3.63) is 32.9 Å². The Labute approximate surface area is 107 Å². The molecule has 2 rings (SSSR count). The van der Waals surface area contributed by atoms with E-state index in [2.05, 4.69) is 21.2 Å². The number of rotatable bonds is 3. The summed E-state index contributed by atoms with van der Waals surface area (Å²) in [5, 5.41) is 4.93. The van der Waals surface area contributed by atoms with Crippen LogP contribution in [0.1, 0.15) is 11.3 Å². The first-order valence-electron chi connectivity index (χ1n) is 5.09. The fraction of sp³-hybridized carbons (Fsp3) is 0.364. The van der Waals surface area contributed by atoms with Crippen LogP contribution >= 0.6 is 27.3 Å². The van der Waals surface area contributed by atoms with Crippen LogP contribution in [0.3, 0.4) is 0 Å². The summed E-state index contributed by atoms with van der Waals surface area (Å²) in [6.45, 7) is 0.592. The third-order valence-electron chi connectivity index (χ3n) is 2.51. The minimum absolute atomic E-state index is 0.0339. The molecule has 0 aromatic carbocycles. The summed E-state index contributed by atoms with van der Waals surface area (Å²) < 4.78 is 1.06. The second-order valence-corrected chi connectivity index (χ2v) is 5.75. The number of halogens is 1. The molecule has 5 heteroatoms. The molecular formula is C11H13BrN2OS. The summed E-state index contributed by atoms with van der Waals surface area (Å²) in [4.78, 5) is 12.9. The van der Waals surface area contributed by atoms with Crippen molar-refractivity contribution in [2.75, 3.05) is 0 Å². The lowest BCUT2D eigenvalue weighted by Gasteiger charge is -2.09. The number of amides is 1. The smallest absolute Gasteiger partial charge is 0.227 e. The first-order valence-corrected chi connectivity index (χ1v) is 6.77. The normalized spacial score (nSPS) is 23.6. The Balaban J connectivity index is 1.82. The lowest BCUT2D eigenvalue weighted by molar-refractivity contribution is -0.123. The highest BCUT2D eigenvalue weighted by molar-refractivity contribution is 9.10. The summed E-state index contributed by atoms with van der Waals surface area (Å²) in [6.07, 6.45) is 4.51. The van der Waals surface area contributed by atoms with Crippen molar-refractivity contribution >= 4 is 33.2 Å². The van der Waals surface area contributed by atoms with Crippen molar-refractivity contribution in [1.82, 2.24) is 5.32 Å². The van der Waals surface area contributed by atoms with E-state index in [1.54, 1.807) is 11.3 Å². The van der Waals surface area contributed by atoms with E-state index in [0.29, 0.717) is 6.54 Å². The van der Waals surface area contributed by atoms with Gasteiger partial charge in [-0.1, -0.05) is 12.2 Å². The Kier molecular flexibility index (Phi) is 3.78. The second kappa shape index (κ2) is 5.12. The largest absolute Gasteiger partial charge is 0.351 e. The number of carbonyl (C=O) groups excluding carboxylic acids is 1. The maximum absolute atomic E-state index is 11.7. The van der Waals surface area contributed by atoms with Crippen LogP contribution in [0.4, 0.5) is 0 Å². The molecule has 16 heavy (non-hydrogen) atoms. The number of hydrogen-bond acceptors (Lipinski definition) is 3. The first kappa shape index (κ1) is 11.8. The molecule has 86 valence electrons. The molecule has 0 saturated carbocycles. The molecule has 3 N–H and O–H groups in total. The van der Waals surface area contributed by atoms with Crippen LogP contribution in [0.25, 0.3) is 0 Å². The molecule has 1 aromatic heterocycles. The fourth-order valence-corrected chi connectivity index (χ4v) is 3.06. The summed E-state index contributed by atoms with van der Waals surface area (Å²) in [5.41, 5.74) is 5.70. The number of thiophene rings is 1. The van der Waals surface area contributed by atoms with Gasteiger partial charge < -0.3 is 11.1 Å². The van der Waals surface area contributed by atoms with E-state index >= 15 is 0 Å². The number of hydrogen-bond donors (Lipinski definition) is 2. The molecule has 0 bridgehead atoms. The summed E-state index contributed by atoms with van der Waals surface area (Å²) in [5.74, 6) is 0.00660. The number of nitrogens with one attached hydrogen (secondary N) is 1. The van der Waals surface area contributed by atoms with Gasteiger partial charge in [-0.25, -0.2) is 0 Å².